The lowest BCUT2D eigenvalue weighted by Crippen LogP contribution is -2.32. The van der Waals surface area contributed by atoms with Crippen LogP contribution in [-0.4, -0.2) is 45.8 Å². The van der Waals surface area contributed by atoms with Gasteiger partial charge in [0.15, 0.2) is 0 Å². The predicted octanol–water partition coefficient (Wildman–Crippen LogP) is 4.91. The Balaban J connectivity index is 1.44. The van der Waals surface area contributed by atoms with Gasteiger partial charge in [0.05, 0.1) is 29.2 Å². The number of carbonyl (C=O) groups excluding carboxylic acids is 1. The number of aliphatic hydroxyl groups is 1. The van der Waals surface area contributed by atoms with Gasteiger partial charge in [-0.25, -0.2) is 14.4 Å². The van der Waals surface area contributed by atoms with Crippen LogP contribution in [0.4, 0.5) is 10.2 Å². The third-order valence-corrected chi connectivity index (χ3v) is 8.01. The number of ketones is 1. The van der Waals surface area contributed by atoms with E-state index in [1.54, 1.807) is 6.92 Å². The third-order valence-electron chi connectivity index (χ3n) is 6.71. The Morgan fingerprint density at radius 1 is 1.32 bits per heavy atom. The first-order chi connectivity index (χ1) is 16.3. The van der Waals surface area contributed by atoms with E-state index in [4.69, 9.17) is 16.3 Å². The first-order valence-electron chi connectivity index (χ1n) is 11.3. The molecule has 1 aliphatic heterocycles. The number of hydrogen-bond acceptors (Lipinski definition) is 7. The van der Waals surface area contributed by atoms with E-state index in [0.29, 0.717) is 22.9 Å². The monoisotopic (exact) mass is 501 g/mol. The fourth-order valence-corrected chi connectivity index (χ4v) is 6.00. The molecule has 2 aliphatic rings. The van der Waals surface area contributed by atoms with Gasteiger partial charge in [0.2, 0.25) is 5.78 Å². The minimum Gasteiger partial charge on any atom is -0.390 e. The fourth-order valence-electron chi connectivity index (χ4n) is 4.82. The van der Waals surface area contributed by atoms with Gasteiger partial charge in [0, 0.05) is 16.1 Å². The van der Waals surface area contributed by atoms with Crippen LogP contribution in [0.15, 0.2) is 36.8 Å². The number of halogens is 2. The van der Waals surface area contributed by atoms with Crippen molar-refractivity contribution in [1.82, 2.24) is 9.97 Å². The van der Waals surface area contributed by atoms with Crippen LogP contribution < -0.4 is 5.32 Å². The van der Waals surface area contributed by atoms with Gasteiger partial charge in [0.1, 0.15) is 24.4 Å². The number of nitrogens with zero attached hydrogens (tertiary/aromatic N) is 2. The summed E-state index contributed by atoms with van der Waals surface area (Å²) in [5.41, 5.74) is 3.41. The zero-order chi connectivity index (χ0) is 24.0. The highest BCUT2D eigenvalue weighted by molar-refractivity contribution is 7.14. The van der Waals surface area contributed by atoms with Crippen LogP contribution in [0.5, 0.6) is 0 Å². The minimum absolute atomic E-state index is 0.178. The van der Waals surface area contributed by atoms with Crippen LogP contribution in [0, 0.1) is 12.8 Å². The summed E-state index contributed by atoms with van der Waals surface area (Å²) < 4.78 is 20.6. The van der Waals surface area contributed by atoms with Crippen molar-refractivity contribution in [1.29, 1.82) is 0 Å². The van der Waals surface area contributed by atoms with Crippen LogP contribution in [0.25, 0.3) is 0 Å². The molecule has 34 heavy (non-hydrogen) atoms. The first-order valence-corrected chi connectivity index (χ1v) is 12.5. The molecule has 0 saturated heterocycles. The molecule has 1 fully saturated rings. The number of rotatable bonds is 5. The summed E-state index contributed by atoms with van der Waals surface area (Å²) in [4.78, 5) is 23.2. The lowest BCUT2D eigenvalue weighted by molar-refractivity contribution is 0.0697. The summed E-state index contributed by atoms with van der Waals surface area (Å²) in [7, 11) is 0. The van der Waals surface area contributed by atoms with Crippen molar-refractivity contribution in [3.8, 4) is 0 Å². The van der Waals surface area contributed by atoms with Crippen molar-refractivity contribution >= 4 is 34.5 Å². The molecule has 0 spiro atoms. The summed E-state index contributed by atoms with van der Waals surface area (Å²) in [6.45, 7) is 4.36. The largest absolute Gasteiger partial charge is 0.390 e. The van der Waals surface area contributed by atoms with E-state index in [1.807, 2.05) is 31.2 Å². The van der Waals surface area contributed by atoms with Crippen LogP contribution in [0.3, 0.4) is 0 Å². The molecule has 6 nitrogen and oxygen atoms in total. The predicted molar refractivity (Wildman–Crippen MR) is 130 cm³/mol. The standard InChI is InChI=1S/C25H25ClFN3O3S/c1-12-7-19(21(27)22(12)31)30-25-18(10-28-11-29-25)23(32)20-9-16(13(2)34-20)24-17-8-15(26)4-3-14(17)5-6-33-24/h3-4,8-12,19,21-22,24,31H,5-7H2,1-2H3,(H,28,29,30)/t12-,19-,21-,22-,24+/m1/s1. The Hall–Kier alpha value is -2.39. The number of aromatic nitrogens is 2. The Morgan fingerprint density at radius 3 is 2.91 bits per heavy atom. The first kappa shape index (κ1) is 23.4. The molecule has 178 valence electrons. The third kappa shape index (κ3) is 4.24. The van der Waals surface area contributed by atoms with Crippen molar-refractivity contribution < 1.29 is 19.0 Å². The number of aryl methyl sites for hydroxylation is 1. The molecule has 1 aromatic carbocycles. The van der Waals surface area contributed by atoms with Crippen molar-refractivity contribution in [2.24, 2.45) is 5.92 Å². The number of hydrogen-bond donors (Lipinski definition) is 2. The lowest BCUT2D eigenvalue weighted by Gasteiger charge is -2.26. The molecule has 0 unspecified atom stereocenters. The molecule has 1 saturated carbocycles. The number of benzene rings is 1. The SMILES string of the molecule is Cc1sc(C(=O)c2cncnc2N[C@@H]2C[C@@H](C)[C@@H](O)[C@@H]2F)cc1[C@@H]1OCCc2ccc(Cl)cc21. The average molecular weight is 502 g/mol. The van der Waals surface area contributed by atoms with Crippen LogP contribution >= 0.6 is 22.9 Å². The molecule has 5 rings (SSSR count). The number of alkyl halides is 1. The van der Waals surface area contributed by atoms with E-state index < -0.39 is 18.3 Å². The number of thiophene rings is 1. The van der Waals surface area contributed by atoms with Gasteiger partial charge in [-0.2, -0.15) is 0 Å². The number of ether oxygens (including phenoxy) is 1. The summed E-state index contributed by atoms with van der Waals surface area (Å²) in [6.07, 6.45) is 1.27. The van der Waals surface area contributed by atoms with Crippen LogP contribution in [0.2, 0.25) is 5.02 Å². The van der Waals surface area contributed by atoms with Gasteiger partial charge in [-0.3, -0.25) is 4.79 Å². The molecular weight excluding hydrogens is 477 g/mol. The maximum Gasteiger partial charge on any atom is 0.208 e. The Morgan fingerprint density at radius 2 is 2.15 bits per heavy atom. The molecule has 2 N–H and O–H groups in total. The van der Waals surface area contributed by atoms with Gasteiger partial charge in [-0.15, -0.1) is 11.3 Å². The second kappa shape index (κ2) is 9.34. The molecule has 9 heteroatoms. The highest BCUT2D eigenvalue weighted by Gasteiger charge is 2.41. The van der Waals surface area contributed by atoms with Gasteiger partial charge in [0.25, 0.3) is 0 Å². The molecular formula is C25H25ClFN3O3S. The second-order valence-electron chi connectivity index (χ2n) is 8.98. The quantitative estimate of drug-likeness (QED) is 0.483. The van der Waals surface area contributed by atoms with E-state index in [9.17, 15) is 14.3 Å². The van der Waals surface area contributed by atoms with Gasteiger partial charge in [-0.1, -0.05) is 24.6 Å². The zero-order valence-corrected chi connectivity index (χ0v) is 20.4. The van der Waals surface area contributed by atoms with E-state index in [2.05, 4.69) is 15.3 Å². The van der Waals surface area contributed by atoms with E-state index in [1.165, 1.54) is 29.4 Å². The normalized spacial score (nSPS) is 26.3. The molecule has 3 aromatic rings. The molecule has 5 atom stereocenters. The van der Waals surface area contributed by atoms with Crippen molar-refractivity contribution in [3.63, 3.8) is 0 Å². The van der Waals surface area contributed by atoms with Gasteiger partial charge in [-0.05, 0) is 60.6 Å². The van der Waals surface area contributed by atoms with Crippen LogP contribution in [-0.2, 0) is 11.2 Å². The second-order valence-corrected chi connectivity index (χ2v) is 10.7. The van der Waals surface area contributed by atoms with Crippen molar-refractivity contribution in [3.05, 3.63) is 73.8 Å². The zero-order valence-electron chi connectivity index (χ0n) is 18.8. The summed E-state index contributed by atoms with van der Waals surface area (Å²) in [5.74, 6) is -0.151. The lowest BCUT2D eigenvalue weighted by atomic mass is 9.93. The number of fused-ring (bicyclic) bond motifs is 1. The minimum atomic E-state index is -1.43. The number of nitrogens with one attached hydrogen (secondary N) is 1. The Kier molecular flexibility index (Phi) is 6.41. The van der Waals surface area contributed by atoms with E-state index in [0.717, 1.165) is 22.4 Å². The highest BCUT2D eigenvalue weighted by atomic mass is 35.5. The Bertz CT molecular complexity index is 1240. The summed E-state index contributed by atoms with van der Waals surface area (Å²) in [5, 5.41) is 13.7. The molecule has 1 aliphatic carbocycles. The van der Waals surface area contributed by atoms with E-state index >= 15 is 0 Å². The highest BCUT2D eigenvalue weighted by Crippen LogP contribution is 2.39. The summed E-state index contributed by atoms with van der Waals surface area (Å²) in [6, 6.07) is 7.08. The molecule has 3 heterocycles. The molecule has 0 bridgehead atoms. The van der Waals surface area contributed by atoms with Crippen molar-refractivity contribution in [2.75, 3.05) is 11.9 Å². The number of anilines is 1. The molecule has 0 radical (unpaired) electrons. The number of aliphatic hydroxyl groups excluding tert-OH is 1. The Labute approximate surface area is 206 Å². The summed E-state index contributed by atoms with van der Waals surface area (Å²) >= 11 is 7.63. The van der Waals surface area contributed by atoms with Gasteiger partial charge >= 0.3 is 0 Å². The van der Waals surface area contributed by atoms with Crippen molar-refractivity contribution in [2.45, 2.75) is 51.1 Å². The molecule has 2 aromatic heterocycles. The fraction of sp³-hybridized carbons (Fsp3) is 0.400. The van der Waals surface area contributed by atoms with E-state index in [-0.39, 0.29) is 29.2 Å². The van der Waals surface area contributed by atoms with Crippen LogP contribution in [0.1, 0.15) is 56.3 Å². The maximum atomic E-state index is 14.5. The average Bonchev–Trinajstić information content (AvgIpc) is 3.33. The molecule has 0 amide bonds. The number of carbonyl (C=O) groups is 1. The van der Waals surface area contributed by atoms with Gasteiger partial charge < -0.3 is 15.2 Å². The maximum absolute atomic E-state index is 14.5. The smallest absolute Gasteiger partial charge is 0.208 e. The topological polar surface area (TPSA) is 84.3 Å².